The van der Waals surface area contributed by atoms with Crippen LogP contribution in [0.5, 0.6) is 5.75 Å². The molecule has 7 atom stereocenters. The van der Waals surface area contributed by atoms with Crippen LogP contribution >= 0.6 is 7.75 Å². The first-order valence-electron chi connectivity index (χ1n) is 13.3. The van der Waals surface area contributed by atoms with Gasteiger partial charge in [0.2, 0.25) is 5.60 Å². The molecule has 4 heterocycles. The zero-order valence-corrected chi connectivity index (χ0v) is 23.3. The van der Waals surface area contributed by atoms with Gasteiger partial charge in [0.1, 0.15) is 48.0 Å². The minimum absolute atomic E-state index is 0.124. The number of hydrogen-bond donors (Lipinski definition) is 4. The van der Waals surface area contributed by atoms with E-state index in [0.717, 1.165) is 0 Å². The number of ether oxygens (including phenoxy) is 3. The van der Waals surface area contributed by atoms with Gasteiger partial charge in [-0.3, -0.25) is 9.32 Å². The summed E-state index contributed by atoms with van der Waals surface area (Å²) in [5.41, 5.74) is 2.20. The Morgan fingerprint density at radius 3 is 2.71 bits per heavy atom. The van der Waals surface area contributed by atoms with Crippen LogP contribution in [0.1, 0.15) is 31.6 Å². The number of aliphatic hydroxyl groups excluding tert-OH is 1. The molecule has 1 aromatic carbocycles. The minimum atomic E-state index is -4.52. The number of esters is 1. The molecule has 0 radical (unpaired) electrons. The molecular formula is C26H29N6O9P. The van der Waals surface area contributed by atoms with Gasteiger partial charge >= 0.3 is 13.7 Å². The van der Waals surface area contributed by atoms with Crippen molar-refractivity contribution >= 4 is 25.1 Å². The van der Waals surface area contributed by atoms with Gasteiger partial charge in [0, 0.05) is 12.8 Å². The Morgan fingerprint density at radius 2 is 2.02 bits per heavy atom. The van der Waals surface area contributed by atoms with Crippen LogP contribution in [0.15, 0.2) is 48.8 Å². The molecule has 15 nitrogen and oxygen atoms in total. The highest BCUT2D eigenvalue weighted by molar-refractivity contribution is 7.52. The SMILES string of the molecule is C[C@H](NP(=O)(Oc1ccccc1)OC1[C@@]2(C#N)O[C@@H](c3ccc4c(N)ncnn34)[C@H](O)[C@@]12O)C(=O)OC1CCOCC1. The fourth-order valence-electron chi connectivity index (χ4n) is 5.38. The van der Waals surface area contributed by atoms with Crippen molar-refractivity contribution in [3.8, 4) is 11.8 Å². The van der Waals surface area contributed by atoms with E-state index in [1.54, 1.807) is 30.3 Å². The van der Waals surface area contributed by atoms with Crippen molar-refractivity contribution in [2.75, 3.05) is 18.9 Å². The molecule has 0 bridgehead atoms. The van der Waals surface area contributed by atoms with Crippen molar-refractivity contribution in [2.45, 2.75) is 61.4 Å². The van der Waals surface area contributed by atoms with E-state index in [4.69, 9.17) is 29.0 Å². The van der Waals surface area contributed by atoms with Gasteiger partial charge in [-0.2, -0.15) is 15.4 Å². The number of nitrogens with two attached hydrogens (primary N) is 1. The maximum Gasteiger partial charge on any atom is 0.459 e. The number of nitriles is 1. The summed E-state index contributed by atoms with van der Waals surface area (Å²) in [6.45, 7) is 2.33. The van der Waals surface area contributed by atoms with Crippen LogP contribution in [0.2, 0.25) is 0 Å². The molecule has 1 saturated carbocycles. The molecule has 5 N–H and O–H groups in total. The highest BCUT2D eigenvalue weighted by atomic mass is 31.2. The Hall–Kier alpha value is -3.61. The van der Waals surface area contributed by atoms with Crippen molar-refractivity contribution in [1.82, 2.24) is 19.7 Å². The van der Waals surface area contributed by atoms with Crippen LogP contribution < -0.4 is 15.3 Å². The van der Waals surface area contributed by atoms with Crippen LogP contribution in [-0.4, -0.2) is 79.6 Å². The zero-order valence-electron chi connectivity index (χ0n) is 22.4. The molecule has 0 spiro atoms. The summed E-state index contributed by atoms with van der Waals surface area (Å²) < 4.78 is 43.7. The van der Waals surface area contributed by atoms with Crippen molar-refractivity contribution in [2.24, 2.45) is 0 Å². The Bertz CT molecular complexity index is 1580. The highest BCUT2D eigenvalue weighted by Gasteiger charge is 2.90. The molecule has 2 aliphatic heterocycles. The molecule has 42 heavy (non-hydrogen) atoms. The third-order valence-corrected chi connectivity index (χ3v) is 9.31. The smallest absolute Gasteiger partial charge is 0.459 e. The number of nitrogens with zero attached hydrogens (tertiary/aromatic N) is 4. The monoisotopic (exact) mass is 600 g/mol. The lowest BCUT2D eigenvalue weighted by Gasteiger charge is -2.27. The number of para-hydroxylation sites is 1. The number of benzene rings is 1. The second kappa shape index (κ2) is 10.6. The summed E-state index contributed by atoms with van der Waals surface area (Å²) in [6, 6.07) is 11.9. The molecule has 3 aromatic rings. The standard InChI is InChI=1S/C26H29N6O9P/c1-15(23(34)38-16-9-11-37-12-10-16)31-42(36,40-17-5-3-2-4-6-17)41-24-25(13-27)26(24,35)21(33)20(39-25)18-7-8-19-22(28)29-14-30-32(18)19/h2-8,14-16,20-21,24,33,35H,9-12H2,1H3,(H,31,36)(H2,28,29,30)/t15-,20-,21-,24?,25+,26+,42?/m0/s1. The lowest BCUT2D eigenvalue weighted by Crippen LogP contribution is -2.40. The second-order valence-corrected chi connectivity index (χ2v) is 12.0. The van der Waals surface area contributed by atoms with Gasteiger partial charge in [0.15, 0.2) is 17.5 Å². The molecule has 16 heteroatoms. The van der Waals surface area contributed by atoms with Gasteiger partial charge in [-0.25, -0.2) is 14.1 Å². The fraction of sp³-hybridized carbons (Fsp3) is 0.462. The van der Waals surface area contributed by atoms with E-state index in [1.807, 2.05) is 6.07 Å². The Kier molecular flexibility index (Phi) is 7.19. The number of aliphatic hydroxyl groups is 2. The van der Waals surface area contributed by atoms with Gasteiger partial charge in [-0.1, -0.05) is 18.2 Å². The lowest BCUT2D eigenvalue weighted by molar-refractivity contribution is -0.154. The average molecular weight is 601 g/mol. The number of carbonyl (C=O) groups is 1. The van der Waals surface area contributed by atoms with E-state index in [0.29, 0.717) is 37.3 Å². The van der Waals surface area contributed by atoms with E-state index >= 15 is 0 Å². The average Bonchev–Trinajstić information content (AvgIpc) is 3.22. The highest BCUT2D eigenvalue weighted by Crippen LogP contribution is 2.68. The zero-order chi connectivity index (χ0) is 29.7. The molecule has 0 amide bonds. The summed E-state index contributed by atoms with van der Waals surface area (Å²) in [5, 5.41) is 39.6. The lowest BCUT2D eigenvalue weighted by atomic mass is 10.0. The van der Waals surface area contributed by atoms with Crippen LogP contribution in [0.4, 0.5) is 5.82 Å². The summed E-state index contributed by atoms with van der Waals surface area (Å²) >= 11 is 0. The van der Waals surface area contributed by atoms with Gasteiger partial charge < -0.3 is 34.7 Å². The largest absolute Gasteiger partial charge is 0.461 e. The number of anilines is 1. The predicted octanol–water partition coefficient (Wildman–Crippen LogP) is 1.02. The number of hydrogen-bond acceptors (Lipinski definition) is 13. The van der Waals surface area contributed by atoms with Crippen molar-refractivity contribution in [1.29, 1.82) is 5.26 Å². The molecule has 2 aromatic heterocycles. The summed E-state index contributed by atoms with van der Waals surface area (Å²) in [5.74, 6) is -0.401. The molecule has 2 unspecified atom stereocenters. The van der Waals surface area contributed by atoms with Crippen molar-refractivity contribution in [3.63, 3.8) is 0 Å². The number of fused-ring (bicyclic) bond motifs is 2. The van der Waals surface area contributed by atoms with E-state index in [-0.39, 0.29) is 17.7 Å². The van der Waals surface area contributed by atoms with E-state index in [9.17, 15) is 24.8 Å². The first kappa shape index (κ1) is 28.5. The van der Waals surface area contributed by atoms with E-state index < -0.39 is 49.3 Å². The van der Waals surface area contributed by atoms with Crippen LogP contribution in [0.3, 0.4) is 0 Å². The summed E-state index contributed by atoms with van der Waals surface area (Å²) in [7, 11) is -4.52. The number of rotatable bonds is 9. The molecule has 6 rings (SSSR count). The Balaban J connectivity index is 1.24. The van der Waals surface area contributed by atoms with E-state index in [1.165, 1.54) is 29.9 Å². The topological polar surface area (TPSA) is 213 Å². The quantitative estimate of drug-likeness (QED) is 0.199. The van der Waals surface area contributed by atoms with Crippen molar-refractivity contribution < 1.29 is 42.8 Å². The maximum absolute atomic E-state index is 14.1. The summed E-state index contributed by atoms with van der Waals surface area (Å²) in [4.78, 5) is 16.8. The normalized spacial score (nSPS) is 31.0. The van der Waals surface area contributed by atoms with Crippen LogP contribution in [0.25, 0.3) is 5.52 Å². The molecule has 2 saturated heterocycles. The number of aromatic nitrogens is 3. The number of carbonyl (C=O) groups excluding carboxylic acids is 1. The number of nitrogens with one attached hydrogen (secondary N) is 1. The van der Waals surface area contributed by atoms with Gasteiger partial charge in [-0.05, 0) is 31.2 Å². The summed E-state index contributed by atoms with van der Waals surface area (Å²) in [6.07, 6.45) is -2.64. The Labute approximate surface area is 239 Å². The number of nitrogen functional groups attached to an aromatic ring is 1. The van der Waals surface area contributed by atoms with Gasteiger partial charge in [0.25, 0.3) is 0 Å². The minimum Gasteiger partial charge on any atom is -0.461 e. The van der Waals surface area contributed by atoms with Crippen LogP contribution in [-0.2, 0) is 28.1 Å². The fourth-order valence-corrected chi connectivity index (χ4v) is 7.10. The predicted molar refractivity (Wildman–Crippen MR) is 143 cm³/mol. The van der Waals surface area contributed by atoms with Gasteiger partial charge in [0.05, 0.1) is 18.9 Å². The molecular weight excluding hydrogens is 571 g/mol. The van der Waals surface area contributed by atoms with Gasteiger partial charge in [-0.15, -0.1) is 0 Å². The first-order chi connectivity index (χ1) is 20.1. The van der Waals surface area contributed by atoms with Crippen LogP contribution in [0, 0.1) is 11.3 Å². The molecule has 1 aliphatic carbocycles. The third kappa shape index (κ3) is 4.61. The molecule has 3 fully saturated rings. The first-order valence-corrected chi connectivity index (χ1v) is 14.8. The third-order valence-electron chi connectivity index (χ3n) is 7.67. The Morgan fingerprint density at radius 1 is 1.29 bits per heavy atom. The molecule has 3 aliphatic rings. The second-order valence-electron chi connectivity index (χ2n) is 10.3. The van der Waals surface area contributed by atoms with E-state index in [2.05, 4.69) is 15.2 Å². The van der Waals surface area contributed by atoms with Crippen molar-refractivity contribution in [3.05, 3.63) is 54.5 Å². The maximum atomic E-state index is 14.1. The molecule has 222 valence electrons.